The summed E-state index contributed by atoms with van der Waals surface area (Å²) in [6.07, 6.45) is 1.62. The first-order chi connectivity index (χ1) is 11.9. The number of rotatable bonds is 6. The van der Waals surface area contributed by atoms with E-state index in [2.05, 4.69) is 42.4 Å². The van der Waals surface area contributed by atoms with Crippen LogP contribution >= 0.6 is 15.9 Å². The fourth-order valence-corrected chi connectivity index (χ4v) is 3.36. The summed E-state index contributed by atoms with van der Waals surface area (Å²) in [6.45, 7) is 7.13. The van der Waals surface area contributed by atoms with E-state index in [0.29, 0.717) is 21.1 Å². The average molecular weight is 442 g/mol. The Morgan fingerprint density at radius 1 is 1.42 bits per heavy atom. The summed E-state index contributed by atoms with van der Waals surface area (Å²) in [5.74, 6) is 4.46. The van der Waals surface area contributed by atoms with Crippen molar-refractivity contribution in [3.63, 3.8) is 0 Å². The van der Waals surface area contributed by atoms with E-state index in [0.717, 1.165) is 11.3 Å². The van der Waals surface area contributed by atoms with Crippen LogP contribution in [0.2, 0.25) is 0 Å². The van der Waals surface area contributed by atoms with Crippen LogP contribution in [0, 0.1) is 6.92 Å². The molecule has 1 unspecified atom stereocenters. The highest BCUT2D eigenvalue weighted by Gasteiger charge is 2.23. The van der Waals surface area contributed by atoms with E-state index in [-0.39, 0.29) is 6.04 Å². The fourth-order valence-electron chi connectivity index (χ4n) is 2.15. The zero-order valence-electron chi connectivity index (χ0n) is 15.2. The quantitative estimate of drug-likeness (QED) is 0.512. The number of nitrogens with two attached hydrogens (primary N) is 1. The van der Waals surface area contributed by atoms with Gasteiger partial charge in [-0.25, -0.2) is 9.19 Å². The minimum Gasteiger partial charge on any atom is -0.388 e. The SMILES string of the molecule is C=S(N)(=O)c1ccc(Nc2ncc(Br)c(N[C@H](C)C(C)(C)O)n2)cc1C. The van der Waals surface area contributed by atoms with Crippen LogP contribution in [0.15, 0.2) is 33.8 Å². The summed E-state index contributed by atoms with van der Waals surface area (Å²) in [7, 11) is -2.76. The molecule has 2 atom stereocenters. The molecular weight excluding hydrogens is 418 g/mol. The van der Waals surface area contributed by atoms with Crippen molar-refractivity contribution in [1.82, 2.24) is 9.97 Å². The second-order valence-electron chi connectivity index (χ2n) is 6.74. The van der Waals surface area contributed by atoms with Crippen LogP contribution in [0.3, 0.4) is 0 Å². The lowest BCUT2D eigenvalue weighted by molar-refractivity contribution is 0.0647. The van der Waals surface area contributed by atoms with Gasteiger partial charge in [-0.3, -0.25) is 5.14 Å². The number of halogens is 1. The van der Waals surface area contributed by atoms with Crippen molar-refractivity contribution in [2.45, 2.75) is 44.2 Å². The lowest BCUT2D eigenvalue weighted by Crippen LogP contribution is -2.39. The molecule has 0 radical (unpaired) electrons. The third kappa shape index (κ3) is 5.16. The molecule has 0 fully saturated rings. The van der Waals surface area contributed by atoms with E-state index in [4.69, 9.17) is 5.14 Å². The van der Waals surface area contributed by atoms with Crippen LogP contribution in [0.4, 0.5) is 17.5 Å². The molecule has 2 rings (SSSR count). The third-order valence-electron chi connectivity index (χ3n) is 3.96. The van der Waals surface area contributed by atoms with Crippen molar-refractivity contribution >= 4 is 49.0 Å². The van der Waals surface area contributed by atoms with Gasteiger partial charge >= 0.3 is 0 Å². The number of benzene rings is 1. The number of nitrogens with one attached hydrogen (secondary N) is 2. The van der Waals surface area contributed by atoms with Crippen molar-refractivity contribution in [3.8, 4) is 0 Å². The molecule has 0 saturated carbocycles. The molecule has 1 heterocycles. The topological polar surface area (TPSA) is 113 Å². The van der Waals surface area contributed by atoms with Gasteiger partial charge in [-0.1, -0.05) is 0 Å². The molecule has 0 bridgehead atoms. The predicted octanol–water partition coefficient (Wildman–Crippen LogP) is 2.81. The van der Waals surface area contributed by atoms with Crippen molar-refractivity contribution in [3.05, 3.63) is 34.4 Å². The molecule has 26 heavy (non-hydrogen) atoms. The van der Waals surface area contributed by atoms with Gasteiger partial charge in [-0.05, 0) is 73.3 Å². The van der Waals surface area contributed by atoms with Crippen LogP contribution in [-0.4, -0.2) is 36.8 Å². The van der Waals surface area contributed by atoms with Gasteiger partial charge in [0.2, 0.25) is 5.95 Å². The highest BCUT2D eigenvalue weighted by Crippen LogP contribution is 2.25. The normalized spacial score (nSPS) is 15.2. The standard InChI is InChI=1S/C17H24BrN5O2S/c1-10-8-12(6-7-14(10)26(5,19)25)22-16-20-9-13(18)15(23-16)21-11(2)17(3,4)24/h6-9,11,24H,5H2,1-4H3,(H2,19,25)(H2,20,21,22,23)/t11-,26?/m1/s1. The molecule has 0 amide bonds. The number of aliphatic hydroxyl groups is 1. The Morgan fingerprint density at radius 3 is 2.62 bits per heavy atom. The molecule has 142 valence electrons. The monoisotopic (exact) mass is 441 g/mol. The summed E-state index contributed by atoms with van der Waals surface area (Å²) in [5.41, 5.74) is 0.594. The van der Waals surface area contributed by atoms with Gasteiger partial charge in [0.15, 0.2) is 0 Å². The lowest BCUT2D eigenvalue weighted by Gasteiger charge is -2.27. The van der Waals surface area contributed by atoms with Crippen molar-refractivity contribution in [2.24, 2.45) is 5.14 Å². The van der Waals surface area contributed by atoms with E-state index < -0.39 is 15.3 Å². The second kappa shape index (κ2) is 7.51. The number of hydrogen-bond donors (Lipinski definition) is 4. The fraction of sp³-hybridized carbons (Fsp3) is 0.353. The summed E-state index contributed by atoms with van der Waals surface area (Å²) in [6, 6.07) is 5.02. The van der Waals surface area contributed by atoms with Gasteiger partial charge < -0.3 is 15.7 Å². The molecule has 0 saturated heterocycles. The van der Waals surface area contributed by atoms with Gasteiger partial charge in [-0.15, -0.1) is 0 Å². The zero-order chi connectivity index (χ0) is 19.7. The minimum absolute atomic E-state index is 0.224. The summed E-state index contributed by atoms with van der Waals surface area (Å²) < 4.78 is 12.6. The Morgan fingerprint density at radius 2 is 2.08 bits per heavy atom. The molecule has 7 nitrogen and oxygen atoms in total. The first-order valence-electron chi connectivity index (χ1n) is 7.92. The van der Waals surface area contributed by atoms with Crippen LogP contribution in [-0.2, 0) is 9.71 Å². The number of aromatic nitrogens is 2. The molecule has 0 aliphatic carbocycles. The minimum atomic E-state index is -2.76. The number of nitrogens with zero attached hydrogens (tertiary/aromatic N) is 2. The molecule has 0 aliphatic rings. The molecular formula is C17H24BrN5O2S. The maximum Gasteiger partial charge on any atom is 0.229 e. The van der Waals surface area contributed by atoms with Crippen LogP contribution in [0.5, 0.6) is 0 Å². The lowest BCUT2D eigenvalue weighted by atomic mass is 10.0. The van der Waals surface area contributed by atoms with Crippen LogP contribution in [0.1, 0.15) is 26.3 Å². The Labute approximate surface area is 162 Å². The van der Waals surface area contributed by atoms with Gasteiger partial charge in [0.05, 0.1) is 25.8 Å². The van der Waals surface area contributed by atoms with E-state index >= 15 is 0 Å². The van der Waals surface area contributed by atoms with Gasteiger partial charge in [-0.2, -0.15) is 4.98 Å². The van der Waals surface area contributed by atoms with E-state index in [1.54, 1.807) is 32.2 Å². The smallest absolute Gasteiger partial charge is 0.229 e. The van der Waals surface area contributed by atoms with Gasteiger partial charge in [0.25, 0.3) is 0 Å². The largest absolute Gasteiger partial charge is 0.388 e. The number of hydrogen-bond acceptors (Lipinski definition) is 6. The molecule has 1 aromatic heterocycles. The summed E-state index contributed by atoms with van der Waals surface area (Å²) in [5, 5.41) is 22.0. The van der Waals surface area contributed by atoms with E-state index in [1.165, 1.54) is 0 Å². The first-order valence-corrected chi connectivity index (χ1v) is 10.5. The number of anilines is 3. The van der Waals surface area contributed by atoms with Crippen molar-refractivity contribution in [2.75, 3.05) is 10.6 Å². The highest BCUT2D eigenvalue weighted by atomic mass is 79.9. The molecule has 9 heteroatoms. The molecule has 1 aromatic carbocycles. The Kier molecular flexibility index (Phi) is 5.96. The second-order valence-corrected chi connectivity index (χ2v) is 9.49. The van der Waals surface area contributed by atoms with E-state index in [1.807, 2.05) is 19.9 Å². The molecule has 5 N–H and O–H groups in total. The molecule has 2 aromatic rings. The average Bonchev–Trinajstić information content (AvgIpc) is 2.48. The third-order valence-corrected chi connectivity index (χ3v) is 5.74. The summed E-state index contributed by atoms with van der Waals surface area (Å²) >= 11 is 3.40. The Hall–Kier alpha value is -1.68. The van der Waals surface area contributed by atoms with Crippen LogP contribution in [0.25, 0.3) is 0 Å². The number of aryl methyl sites for hydroxylation is 1. The van der Waals surface area contributed by atoms with Crippen LogP contribution < -0.4 is 15.8 Å². The van der Waals surface area contributed by atoms with Crippen molar-refractivity contribution in [1.29, 1.82) is 0 Å². The van der Waals surface area contributed by atoms with Gasteiger partial charge in [0.1, 0.15) is 5.82 Å². The Bertz CT molecular complexity index is 910. The highest BCUT2D eigenvalue weighted by molar-refractivity contribution is 9.10. The Balaban J connectivity index is 2.26. The first kappa shape index (κ1) is 20.6. The van der Waals surface area contributed by atoms with E-state index in [9.17, 15) is 9.32 Å². The maximum atomic E-state index is 11.9. The molecule has 0 spiro atoms. The predicted molar refractivity (Wildman–Crippen MR) is 111 cm³/mol. The molecule has 0 aliphatic heterocycles. The maximum absolute atomic E-state index is 11.9. The van der Waals surface area contributed by atoms with Crippen molar-refractivity contribution < 1.29 is 9.32 Å². The zero-order valence-corrected chi connectivity index (χ0v) is 17.6. The summed E-state index contributed by atoms with van der Waals surface area (Å²) in [4.78, 5) is 9.19. The van der Waals surface area contributed by atoms with Gasteiger partial charge in [0, 0.05) is 16.8 Å².